The van der Waals surface area contributed by atoms with Crippen LogP contribution in [0.2, 0.25) is 5.02 Å². The lowest BCUT2D eigenvalue weighted by atomic mass is 10.2. The van der Waals surface area contributed by atoms with Crippen LogP contribution in [0.15, 0.2) is 17.0 Å². The molecule has 0 aliphatic carbocycles. The molecule has 1 aromatic carbocycles. The largest absolute Gasteiger partial charge is 0.502 e. The molecule has 0 fully saturated rings. The van der Waals surface area contributed by atoms with E-state index in [1.54, 1.807) is 0 Å². The van der Waals surface area contributed by atoms with Crippen LogP contribution in [0, 0.1) is 24.1 Å². The van der Waals surface area contributed by atoms with E-state index < -0.39 is 59.9 Å². The van der Waals surface area contributed by atoms with E-state index in [2.05, 4.69) is 5.10 Å². The molecule has 0 bridgehead atoms. The number of nitrogens with zero attached hydrogens (tertiary/aromatic N) is 3. The zero-order valence-electron chi connectivity index (χ0n) is 12.7. The number of rotatable bonds is 2. The maximum absolute atomic E-state index is 14.2. The summed E-state index contributed by atoms with van der Waals surface area (Å²) in [5.41, 5.74) is -10.3. The van der Waals surface area contributed by atoms with Crippen molar-refractivity contribution in [2.45, 2.75) is 23.5 Å². The van der Waals surface area contributed by atoms with Crippen molar-refractivity contribution in [1.29, 1.82) is 5.26 Å². The first-order chi connectivity index (χ1) is 12.1. The Bertz CT molecular complexity index is 1040. The Labute approximate surface area is 151 Å². The molecule has 0 amide bonds. The van der Waals surface area contributed by atoms with Crippen LogP contribution in [0.5, 0.6) is 0 Å². The normalized spacial score (nSPS) is 12.9. The number of nitriles is 1. The van der Waals surface area contributed by atoms with Crippen LogP contribution in [-0.4, -0.2) is 23.7 Å². The predicted molar refractivity (Wildman–Crippen MR) is 76.2 cm³/mol. The Kier molecular flexibility index (Phi) is 4.96. The third-order valence-corrected chi connectivity index (χ3v) is 5.22. The molecule has 0 aliphatic heterocycles. The Morgan fingerprint density at radius 2 is 1.74 bits per heavy atom. The van der Waals surface area contributed by atoms with E-state index in [-0.39, 0.29) is 16.8 Å². The van der Waals surface area contributed by atoms with Crippen molar-refractivity contribution in [3.05, 3.63) is 39.9 Å². The monoisotopic (exact) mass is 435 g/mol. The summed E-state index contributed by atoms with van der Waals surface area (Å²) in [6.07, 6.45) is -4.97. The van der Waals surface area contributed by atoms with Crippen LogP contribution >= 0.6 is 11.6 Å². The molecular weight excluding hydrogens is 431 g/mol. The quantitative estimate of drug-likeness (QED) is 0.664. The third-order valence-electron chi connectivity index (χ3n) is 3.30. The van der Waals surface area contributed by atoms with Gasteiger partial charge >= 0.3 is 11.7 Å². The molecule has 27 heavy (non-hydrogen) atoms. The maximum Gasteiger partial charge on any atom is 0.502 e. The van der Waals surface area contributed by atoms with Gasteiger partial charge in [-0.25, -0.2) is 17.5 Å². The van der Waals surface area contributed by atoms with Gasteiger partial charge in [0.05, 0.1) is 16.3 Å². The summed E-state index contributed by atoms with van der Waals surface area (Å²) < 4.78 is 114. The Balaban J connectivity index is 2.83. The summed E-state index contributed by atoms with van der Waals surface area (Å²) in [7, 11) is -6.05. The summed E-state index contributed by atoms with van der Waals surface area (Å²) >= 11 is 5.60. The lowest BCUT2D eigenvalue weighted by Crippen LogP contribution is -2.24. The second-order valence-corrected chi connectivity index (χ2v) is 7.31. The Morgan fingerprint density at radius 3 is 2.15 bits per heavy atom. The van der Waals surface area contributed by atoms with Gasteiger partial charge in [0.2, 0.25) is 0 Å². The minimum atomic E-state index is -6.05. The second kappa shape index (κ2) is 6.38. The van der Waals surface area contributed by atoms with Gasteiger partial charge in [-0.05, 0) is 19.1 Å². The van der Waals surface area contributed by atoms with Crippen LogP contribution < -0.4 is 0 Å². The van der Waals surface area contributed by atoms with Gasteiger partial charge in [0.15, 0.2) is 11.5 Å². The van der Waals surface area contributed by atoms with Crippen molar-refractivity contribution in [1.82, 2.24) is 9.78 Å². The van der Waals surface area contributed by atoms with Crippen LogP contribution in [-0.2, 0) is 16.0 Å². The van der Waals surface area contributed by atoms with E-state index >= 15 is 0 Å². The van der Waals surface area contributed by atoms with E-state index in [0.29, 0.717) is 0 Å². The van der Waals surface area contributed by atoms with Crippen LogP contribution in [0.1, 0.15) is 17.0 Å². The van der Waals surface area contributed by atoms with Gasteiger partial charge in [-0.3, -0.25) is 0 Å². The molecular formula is C13H5ClF7N3O2S. The molecule has 2 rings (SSSR count). The minimum absolute atomic E-state index is 0.00626. The first-order valence-corrected chi connectivity index (χ1v) is 8.36. The first-order valence-electron chi connectivity index (χ1n) is 6.50. The van der Waals surface area contributed by atoms with Crippen molar-refractivity contribution in [3.63, 3.8) is 0 Å². The molecule has 0 unspecified atom stereocenters. The highest BCUT2D eigenvalue weighted by Crippen LogP contribution is 2.38. The Morgan fingerprint density at radius 1 is 1.19 bits per heavy atom. The van der Waals surface area contributed by atoms with Crippen molar-refractivity contribution in [2.75, 3.05) is 0 Å². The number of alkyl halides is 6. The smallest absolute Gasteiger partial charge is 0.231 e. The fourth-order valence-electron chi connectivity index (χ4n) is 2.15. The van der Waals surface area contributed by atoms with Gasteiger partial charge in [0, 0.05) is 0 Å². The standard InChI is InChI=1S/C13H5ClF7N3O2S/c1-5-11(27(25,26)13(19,20)21)9(4-22)23-24(5)10-7(14)2-6(3-8(10)15)12(16,17)18/h2-3H,1H3. The number of hydrogen-bond donors (Lipinski definition) is 0. The summed E-state index contributed by atoms with van der Waals surface area (Å²) in [6.45, 7) is 0.764. The zero-order valence-corrected chi connectivity index (χ0v) is 14.3. The van der Waals surface area contributed by atoms with E-state index in [1.165, 1.54) is 0 Å². The molecule has 0 saturated carbocycles. The molecule has 2 aromatic rings. The van der Waals surface area contributed by atoms with E-state index in [1.807, 2.05) is 0 Å². The van der Waals surface area contributed by atoms with Crippen molar-refractivity contribution < 1.29 is 39.2 Å². The number of sulfone groups is 1. The fourth-order valence-corrected chi connectivity index (χ4v) is 3.48. The van der Waals surface area contributed by atoms with E-state index in [9.17, 15) is 39.2 Å². The van der Waals surface area contributed by atoms with Gasteiger partial charge in [-0.2, -0.15) is 36.7 Å². The molecule has 0 radical (unpaired) electrons. The van der Waals surface area contributed by atoms with Gasteiger partial charge in [-0.15, -0.1) is 0 Å². The molecule has 5 nitrogen and oxygen atoms in total. The first kappa shape index (κ1) is 21.0. The zero-order chi connectivity index (χ0) is 20.9. The van der Waals surface area contributed by atoms with Crippen LogP contribution in [0.3, 0.4) is 0 Å². The summed E-state index contributed by atoms with van der Waals surface area (Å²) in [5, 5.41) is 11.2. The lowest BCUT2D eigenvalue weighted by molar-refractivity contribution is -0.137. The van der Waals surface area contributed by atoms with Crippen LogP contribution in [0.4, 0.5) is 30.7 Å². The second-order valence-electron chi connectivity index (χ2n) is 5.02. The molecule has 0 atom stereocenters. The Hall–Kier alpha value is -2.33. The highest BCUT2D eigenvalue weighted by Gasteiger charge is 2.50. The highest BCUT2D eigenvalue weighted by atomic mass is 35.5. The van der Waals surface area contributed by atoms with Gasteiger partial charge < -0.3 is 0 Å². The molecule has 0 N–H and O–H groups in total. The number of halogens is 8. The number of hydrogen-bond acceptors (Lipinski definition) is 4. The number of aromatic nitrogens is 2. The summed E-state index contributed by atoms with van der Waals surface area (Å²) in [4.78, 5) is -1.55. The molecule has 1 heterocycles. The third kappa shape index (κ3) is 3.46. The molecule has 14 heteroatoms. The molecule has 0 spiro atoms. The molecule has 1 aromatic heterocycles. The SMILES string of the molecule is Cc1c(S(=O)(=O)C(F)(F)F)c(C#N)nn1-c1c(F)cc(C(F)(F)F)cc1Cl. The van der Waals surface area contributed by atoms with Gasteiger partial charge in [-0.1, -0.05) is 11.6 Å². The fraction of sp³-hybridized carbons (Fsp3) is 0.231. The predicted octanol–water partition coefficient (Wildman–Crippen LogP) is 4.16. The van der Waals surface area contributed by atoms with E-state index in [4.69, 9.17) is 16.9 Å². The topological polar surface area (TPSA) is 75.8 Å². The van der Waals surface area contributed by atoms with Crippen molar-refractivity contribution in [3.8, 4) is 11.8 Å². The van der Waals surface area contributed by atoms with Crippen molar-refractivity contribution >= 4 is 21.4 Å². The lowest BCUT2D eigenvalue weighted by Gasteiger charge is -2.13. The number of benzene rings is 1. The molecule has 146 valence electrons. The summed E-state index contributed by atoms with van der Waals surface area (Å²) in [5.74, 6) is -1.64. The van der Waals surface area contributed by atoms with Gasteiger partial charge in [0.25, 0.3) is 9.84 Å². The minimum Gasteiger partial charge on any atom is -0.231 e. The average Bonchev–Trinajstić information content (AvgIpc) is 2.81. The average molecular weight is 436 g/mol. The van der Waals surface area contributed by atoms with Gasteiger partial charge in [0.1, 0.15) is 16.7 Å². The highest BCUT2D eigenvalue weighted by molar-refractivity contribution is 7.92. The van der Waals surface area contributed by atoms with Crippen molar-refractivity contribution in [2.24, 2.45) is 0 Å². The van der Waals surface area contributed by atoms with Crippen LogP contribution in [0.25, 0.3) is 5.69 Å². The van der Waals surface area contributed by atoms with E-state index in [0.717, 1.165) is 13.0 Å². The maximum atomic E-state index is 14.2. The summed E-state index contributed by atoms with van der Waals surface area (Å²) in [6, 6.07) is 1.41. The molecule has 0 saturated heterocycles. The molecule has 0 aliphatic rings.